The van der Waals surface area contributed by atoms with Crippen molar-refractivity contribution in [3.8, 4) is 0 Å². The van der Waals surface area contributed by atoms with Crippen LogP contribution in [0.3, 0.4) is 0 Å². The van der Waals surface area contributed by atoms with E-state index in [0.29, 0.717) is 30.7 Å². The van der Waals surface area contributed by atoms with Crippen molar-refractivity contribution in [3.63, 3.8) is 0 Å². The van der Waals surface area contributed by atoms with Crippen LogP contribution in [0.15, 0.2) is 23.1 Å². The van der Waals surface area contributed by atoms with Gasteiger partial charge in [-0.15, -0.1) is 0 Å². The Kier molecular flexibility index (Phi) is 5.07. The maximum atomic E-state index is 12.8. The zero-order chi connectivity index (χ0) is 20.7. The maximum Gasteiger partial charge on any atom is 0.433 e. The molecule has 0 saturated heterocycles. The summed E-state index contributed by atoms with van der Waals surface area (Å²) in [5.74, 6) is -0.0294. The number of ether oxygens (including phenoxy) is 1. The first kappa shape index (κ1) is 20.1. The summed E-state index contributed by atoms with van der Waals surface area (Å²) in [4.78, 5) is 28.7. The van der Waals surface area contributed by atoms with Gasteiger partial charge in [0.2, 0.25) is 0 Å². The monoisotopic (exact) mass is 398 g/mol. The Labute approximate surface area is 159 Å². The average Bonchev–Trinajstić information content (AvgIpc) is 2.89. The molecule has 2 aromatic rings. The SMILES string of the molecule is CC(C)(C)OC(=O)C1CCCc2nn(Cc3ccc(C(F)(F)F)nc3)c(=O)n21. The third kappa shape index (κ3) is 4.26. The lowest BCUT2D eigenvalue weighted by Crippen LogP contribution is -2.38. The van der Waals surface area contributed by atoms with Gasteiger partial charge in [0.15, 0.2) is 0 Å². The predicted molar refractivity (Wildman–Crippen MR) is 92.6 cm³/mol. The lowest BCUT2D eigenvalue weighted by Gasteiger charge is -2.26. The van der Waals surface area contributed by atoms with Gasteiger partial charge in [0, 0.05) is 12.6 Å². The van der Waals surface area contributed by atoms with Gasteiger partial charge in [0.1, 0.15) is 23.2 Å². The Morgan fingerprint density at radius 1 is 1.29 bits per heavy atom. The van der Waals surface area contributed by atoms with E-state index in [0.717, 1.165) is 16.9 Å². The van der Waals surface area contributed by atoms with Crippen LogP contribution in [0.4, 0.5) is 13.2 Å². The lowest BCUT2D eigenvalue weighted by molar-refractivity contribution is -0.159. The number of alkyl halides is 3. The minimum Gasteiger partial charge on any atom is -0.458 e. The van der Waals surface area contributed by atoms with Gasteiger partial charge >= 0.3 is 17.8 Å². The highest BCUT2D eigenvalue weighted by Crippen LogP contribution is 2.27. The van der Waals surface area contributed by atoms with Crippen molar-refractivity contribution in [2.45, 2.75) is 64.4 Å². The molecule has 3 heterocycles. The van der Waals surface area contributed by atoms with Gasteiger partial charge in [-0.2, -0.15) is 18.3 Å². The summed E-state index contributed by atoms with van der Waals surface area (Å²) in [6, 6.07) is 1.36. The number of aromatic nitrogens is 4. The molecule has 1 aliphatic heterocycles. The van der Waals surface area contributed by atoms with Crippen molar-refractivity contribution >= 4 is 5.97 Å². The largest absolute Gasteiger partial charge is 0.458 e. The summed E-state index contributed by atoms with van der Waals surface area (Å²) in [5.41, 5.74) is -1.78. The highest BCUT2D eigenvalue weighted by atomic mass is 19.4. The Bertz CT molecular complexity index is 924. The van der Waals surface area contributed by atoms with Crippen LogP contribution in [0.1, 0.15) is 56.7 Å². The molecule has 0 N–H and O–H groups in total. The van der Waals surface area contributed by atoms with Crippen molar-refractivity contribution in [1.29, 1.82) is 0 Å². The minimum absolute atomic E-state index is 0.0367. The second kappa shape index (κ2) is 7.06. The molecule has 0 saturated carbocycles. The normalized spacial score (nSPS) is 17.3. The molecule has 10 heteroatoms. The number of hydrogen-bond acceptors (Lipinski definition) is 5. The lowest BCUT2D eigenvalue weighted by atomic mass is 10.0. The third-order valence-corrected chi connectivity index (χ3v) is 4.26. The van der Waals surface area contributed by atoms with E-state index in [1.54, 1.807) is 20.8 Å². The molecule has 1 atom stereocenters. The highest BCUT2D eigenvalue weighted by Gasteiger charge is 2.34. The topological polar surface area (TPSA) is 79.0 Å². The standard InChI is InChI=1S/C18H21F3N4O3/c1-17(2,3)28-15(26)12-5-4-6-14-23-24(16(27)25(12)14)10-11-7-8-13(22-9-11)18(19,20)21/h7-9,12H,4-6,10H2,1-3H3. The Morgan fingerprint density at radius 2 is 2.00 bits per heavy atom. The van der Waals surface area contributed by atoms with Crippen LogP contribution in [0.2, 0.25) is 0 Å². The average molecular weight is 398 g/mol. The van der Waals surface area contributed by atoms with Crippen LogP contribution in [0.25, 0.3) is 0 Å². The van der Waals surface area contributed by atoms with Gasteiger partial charge < -0.3 is 4.74 Å². The van der Waals surface area contributed by atoms with Crippen LogP contribution >= 0.6 is 0 Å². The van der Waals surface area contributed by atoms with Crippen LogP contribution in [0.5, 0.6) is 0 Å². The number of aryl methyl sites for hydroxylation is 1. The number of halogens is 3. The molecule has 152 valence electrons. The Hall–Kier alpha value is -2.65. The highest BCUT2D eigenvalue weighted by molar-refractivity contribution is 5.74. The molecule has 2 aromatic heterocycles. The summed E-state index contributed by atoms with van der Waals surface area (Å²) in [7, 11) is 0. The molecule has 7 nitrogen and oxygen atoms in total. The number of hydrogen-bond donors (Lipinski definition) is 0. The fourth-order valence-corrected chi connectivity index (χ4v) is 3.09. The van der Waals surface area contributed by atoms with Gasteiger partial charge in [-0.25, -0.2) is 14.3 Å². The van der Waals surface area contributed by atoms with E-state index in [9.17, 15) is 22.8 Å². The van der Waals surface area contributed by atoms with Crippen LogP contribution < -0.4 is 5.69 Å². The van der Waals surface area contributed by atoms with Gasteiger partial charge in [-0.05, 0) is 45.2 Å². The molecule has 1 unspecified atom stereocenters. The molecular formula is C18H21F3N4O3. The Balaban J connectivity index is 1.86. The van der Waals surface area contributed by atoms with Crippen molar-refractivity contribution in [2.75, 3.05) is 0 Å². The first-order valence-electron chi connectivity index (χ1n) is 8.89. The van der Waals surface area contributed by atoms with Gasteiger partial charge in [0.05, 0.1) is 6.54 Å². The summed E-state index contributed by atoms with van der Waals surface area (Å²) in [6.45, 7) is 5.21. The minimum atomic E-state index is -4.52. The number of rotatable bonds is 3. The molecule has 0 radical (unpaired) electrons. The number of carbonyl (C=O) groups excluding carboxylic acids is 1. The number of esters is 1. The van der Waals surface area contributed by atoms with Crippen molar-refractivity contribution in [1.82, 2.24) is 19.3 Å². The van der Waals surface area contributed by atoms with Crippen LogP contribution in [-0.2, 0) is 28.7 Å². The zero-order valence-corrected chi connectivity index (χ0v) is 15.8. The Morgan fingerprint density at radius 3 is 2.57 bits per heavy atom. The zero-order valence-electron chi connectivity index (χ0n) is 15.8. The molecule has 0 spiro atoms. The van der Waals surface area contributed by atoms with Crippen LogP contribution in [0, 0.1) is 0 Å². The summed E-state index contributed by atoms with van der Waals surface area (Å²) in [5, 5.41) is 4.26. The van der Waals surface area contributed by atoms with E-state index in [4.69, 9.17) is 4.74 Å². The van der Waals surface area contributed by atoms with Crippen molar-refractivity contribution < 1.29 is 22.7 Å². The summed E-state index contributed by atoms with van der Waals surface area (Å²) < 4.78 is 45.8. The molecule has 0 amide bonds. The maximum absolute atomic E-state index is 12.8. The van der Waals surface area contributed by atoms with Gasteiger partial charge in [-0.1, -0.05) is 6.07 Å². The quantitative estimate of drug-likeness (QED) is 0.743. The molecule has 1 aliphatic rings. The molecule has 0 aromatic carbocycles. The van der Waals surface area contributed by atoms with Crippen molar-refractivity contribution in [2.24, 2.45) is 0 Å². The number of nitrogens with zero attached hydrogens (tertiary/aromatic N) is 4. The van der Waals surface area contributed by atoms with Gasteiger partial charge in [-0.3, -0.25) is 9.55 Å². The fourth-order valence-electron chi connectivity index (χ4n) is 3.09. The summed E-state index contributed by atoms with van der Waals surface area (Å²) in [6.07, 6.45) is -1.77. The molecule has 0 bridgehead atoms. The molecule has 28 heavy (non-hydrogen) atoms. The third-order valence-electron chi connectivity index (χ3n) is 4.26. The predicted octanol–water partition coefficient (Wildman–Crippen LogP) is 2.73. The van der Waals surface area contributed by atoms with E-state index in [1.807, 2.05) is 0 Å². The number of pyridine rings is 1. The first-order chi connectivity index (χ1) is 13.0. The molecule has 0 fully saturated rings. The van der Waals surface area contributed by atoms with Gasteiger partial charge in [0.25, 0.3) is 0 Å². The second-order valence-corrected chi connectivity index (χ2v) is 7.72. The van der Waals surface area contributed by atoms with E-state index in [2.05, 4.69) is 10.1 Å². The first-order valence-corrected chi connectivity index (χ1v) is 8.89. The molecule has 0 aliphatic carbocycles. The second-order valence-electron chi connectivity index (χ2n) is 7.72. The van der Waals surface area contributed by atoms with E-state index in [-0.39, 0.29) is 6.54 Å². The number of carbonyl (C=O) groups is 1. The van der Waals surface area contributed by atoms with E-state index < -0.39 is 35.2 Å². The van der Waals surface area contributed by atoms with Crippen LogP contribution in [-0.4, -0.2) is 30.9 Å². The fraction of sp³-hybridized carbons (Fsp3) is 0.556. The number of fused-ring (bicyclic) bond motifs is 1. The van der Waals surface area contributed by atoms with E-state index in [1.165, 1.54) is 10.6 Å². The molecular weight excluding hydrogens is 377 g/mol. The molecule has 3 rings (SSSR count). The van der Waals surface area contributed by atoms with E-state index >= 15 is 0 Å². The van der Waals surface area contributed by atoms with Crippen molar-refractivity contribution in [3.05, 3.63) is 45.9 Å². The smallest absolute Gasteiger partial charge is 0.433 e. The summed E-state index contributed by atoms with van der Waals surface area (Å²) >= 11 is 0.